The van der Waals surface area contributed by atoms with Gasteiger partial charge < -0.3 is 5.32 Å². The maximum Gasteiger partial charge on any atom is 0.0934 e. The molecule has 0 spiro atoms. The second kappa shape index (κ2) is 29.9. The Labute approximate surface area is 246 Å². The average molecular weight is 543 g/mol. The van der Waals surface area contributed by atoms with Gasteiger partial charge in [0.05, 0.1) is 18.4 Å². The molecule has 228 valence electrons. The summed E-state index contributed by atoms with van der Waals surface area (Å²) in [5.74, 6) is 0. The number of hydrogen-bond donors (Lipinski definition) is 1. The molecule has 0 aromatic heterocycles. The monoisotopic (exact) mass is 543 g/mol. The van der Waals surface area contributed by atoms with Crippen molar-refractivity contribution in [2.75, 3.05) is 0 Å². The molecule has 2 heteroatoms. The summed E-state index contributed by atoms with van der Waals surface area (Å²) < 4.78 is 0. The molecule has 2 atom stereocenters. The highest BCUT2D eigenvalue weighted by Crippen LogP contribution is 2.15. The minimum absolute atomic E-state index is 0.287. The van der Waals surface area contributed by atoms with E-state index in [9.17, 15) is 0 Å². The molecule has 1 rings (SSSR count). The Morgan fingerprint density at radius 3 is 1.18 bits per heavy atom. The number of rotatable bonds is 30. The fraction of sp³-hybridized carbons (Fsp3) is 0.865. The molecule has 1 aliphatic rings. The second-order valence-corrected chi connectivity index (χ2v) is 12.4. The van der Waals surface area contributed by atoms with E-state index in [1.54, 1.807) is 0 Å². The van der Waals surface area contributed by atoms with Crippen LogP contribution in [0.2, 0.25) is 0 Å². The summed E-state index contributed by atoms with van der Waals surface area (Å²) in [6.45, 7) is 4.60. The Kier molecular flexibility index (Phi) is 27.6. The standard InChI is InChI=1S/C37H70N2/c1-3-5-7-9-11-13-15-17-19-21-23-25-27-29-31-33-36-37(39-35-38-36)34-32-30-28-26-24-22-20-18-16-14-12-10-8-6-4-2/h31-37H,3-30H2,1-2H3,(H,38,39). The van der Waals surface area contributed by atoms with Crippen molar-refractivity contribution in [3.63, 3.8) is 0 Å². The lowest BCUT2D eigenvalue weighted by atomic mass is 10.0. The maximum atomic E-state index is 4.63. The van der Waals surface area contributed by atoms with Gasteiger partial charge in [0.15, 0.2) is 0 Å². The zero-order valence-electron chi connectivity index (χ0n) is 26.8. The minimum Gasteiger partial charge on any atom is -0.368 e. The van der Waals surface area contributed by atoms with E-state index in [0.29, 0.717) is 6.04 Å². The van der Waals surface area contributed by atoms with Crippen molar-refractivity contribution in [3.05, 3.63) is 24.3 Å². The number of nitrogens with one attached hydrogen (secondary N) is 1. The van der Waals surface area contributed by atoms with Crippen molar-refractivity contribution in [1.29, 1.82) is 0 Å². The first-order chi connectivity index (χ1) is 19.4. The predicted octanol–water partition coefficient (Wildman–Crippen LogP) is 12.4. The van der Waals surface area contributed by atoms with Crippen LogP contribution in [0.15, 0.2) is 29.3 Å². The first kappa shape index (κ1) is 36.0. The van der Waals surface area contributed by atoms with Gasteiger partial charge in [-0.1, -0.05) is 192 Å². The zero-order valence-corrected chi connectivity index (χ0v) is 26.8. The highest BCUT2D eigenvalue weighted by Gasteiger charge is 2.17. The SMILES string of the molecule is CCCCCCCCCCCCCCCC=CC1N=CNC1C=CCCCCCCCCCCCCCCC. The van der Waals surface area contributed by atoms with Crippen LogP contribution in [0.5, 0.6) is 0 Å². The highest BCUT2D eigenvalue weighted by molar-refractivity contribution is 5.59. The zero-order chi connectivity index (χ0) is 27.9. The number of aliphatic imine (C=N–C) groups is 1. The summed E-state index contributed by atoms with van der Waals surface area (Å²) in [5, 5.41) is 3.43. The Morgan fingerprint density at radius 2 is 0.795 bits per heavy atom. The summed E-state index contributed by atoms with van der Waals surface area (Å²) in [6, 6.07) is 0.643. The molecule has 2 nitrogen and oxygen atoms in total. The van der Waals surface area contributed by atoms with E-state index < -0.39 is 0 Å². The van der Waals surface area contributed by atoms with E-state index >= 15 is 0 Å². The van der Waals surface area contributed by atoms with E-state index in [0.717, 1.165) is 0 Å². The van der Waals surface area contributed by atoms with E-state index in [-0.39, 0.29) is 6.04 Å². The van der Waals surface area contributed by atoms with Gasteiger partial charge in [-0.05, 0) is 25.7 Å². The fourth-order valence-electron chi connectivity index (χ4n) is 5.78. The van der Waals surface area contributed by atoms with Gasteiger partial charge in [0.1, 0.15) is 0 Å². The molecule has 0 radical (unpaired) electrons. The molecule has 0 fully saturated rings. The van der Waals surface area contributed by atoms with Gasteiger partial charge in [-0.2, -0.15) is 0 Å². The smallest absolute Gasteiger partial charge is 0.0934 e. The van der Waals surface area contributed by atoms with Gasteiger partial charge in [-0.3, -0.25) is 4.99 Å². The topological polar surface area (TPSA) is 24.4 Å². The minimum atomic E-state index is 0.287. The molecule has 1 N–H and O–H groups in total. The molecule has 0 aliphatic carbocycles. The molecule has 2 unspecified atom stereocenters. The molecule has 0 aromatic carbocycles. The molecule has 39 heavy (non-hydrogen) atoms. The molecule has 1 heterocycles. The lowest BCUT2D eigenvalue weighted by Gasteiger charge is -2.10. The van der Waals surface area contributed by atoms with Crippen LogP contribution in [0.25, 0.3) is 0 Å². The quantitative estimate of drug-likeness (QED) is 0.0708. The van der Waals surface area contributed by atoms with Crippen LogP contribution in [0.4, 0.5) is 0 Å². The van der Waals surface area contributed by atoms with Crippen LogP contribution in [0.3, 0.4) is 0 Å². The van der Waals surface area contributed by atoms with Crippen LogP contribution in [-0.4, -0.2) is 18.4 Å². The van der Waals surface area contributed by atoms with E-state index in [1.807, 2.05) is 6.34 Å². The summed E-state index contributed by atoms with van der Waals surface area (Å²) in [6.07, 6.45) is 50.9. The van der Waals surface area contributed by atoms with E-state index in [4.69, 9.17) is 0 Å². The first-order valence-corrected chi connectivity index (χ1v) is 18.0. The fourth-order valence-corrected chi connectivity index (χ4v) is 5.78. The van der Waals surface area contributed by atoms with Crippen LogP contribution < -0.4 is 5.32 Å². The highest BCUT2D eigenvalue weighted by atomic mass is 15.1. The van der Waals surface area contributed by atoms with Gasteiger partial charge in [0.2, 0.25) is 0 Å². The van der Waals surface area contributed by atoms with E-state index in [2.05, 4.69) is 48.5 Å². The van der Waals surface area contributed by atoms with Crippen LogP contribution >= 0.6 is 0 Å². The molecule has 0 amide bonds. The normalized spacial score (nSPS) is 17.2. The summed E-state index contributed by atoms with van der Waals surface area (Å²) in [5.41, 5.74) is 0. The maximum absolute atomic E-state index is 4.63. The van der Waals surface area contributed by atoms with Crippen molar-refractivity contribution in [3.8, 4) is 0 Å². The summed E-state index contributed by atoms with van der Waals surface area (Å²) in [4.78, 5) is 4.63. The lowest BCUT2D eigenvalue weighted by Crippen LogP contribution is -2.28. The Balaban J connectivity index is 1.88. The third kappa shape index (κ3) is 24.5. The third-order valence-corrected chi connectivity index (χ3v) is 8.51. The third-order valence-electron chi connectivity index (χ3n) is 8.51. The molecular formula is C37H70N2. The van der Waals surface area contributed by atoms with E-state index in [1.165, 1.54) is 180 Å². The predicted molar refractivity (Wildman–Crippen MR) is 178 cm³/mol. The van der Waals surface area contributed by atoms with Gasteiger partial charge in [-0.15, -0.1) is 0 Å². The Bertz CT molecular complexity index is 564. The van der Waals surface area contributed by atoms with Crippen molar-refractivity contribution < 1.29 is 0 Å². The number of allylic oxidation sites excluding steroid dienone is 2. The number of unbranched alkanes of at least 4 members (excludes halogenated alkanes) is 26. The average Bonchev–Trinajstić information content (AvgIpc) is 3.40. The first-order valence-electron chi connectivity index (χ1n) is 18.0. The van der Waals surface area contributed by atoms with Gasteiger partial charge >= 0.3 is 0 Å². The van der Waals surface area contributed by atoms with Crippen molar-refractivity contribution in [1.82, 2.24) is 5.32 Å². The number of hydrogen-bond acceptors (Lipinski definition) is 2. The Morgan fingerprint density at radius 1 is 0.462 bits per heavy atom. The molecular weight excluding hydrogens is 472 g/mol. The van der Waals surface area contributed by atoms with Crippen molar-refractivity contribution >= 4 is 6.34 Å². The van der Waals surface area contributed by atoms with Crippen molar-refractivity contribution in [2.24, 2.45) is 4.99 Å². The van der Waals surface area contributed by atoms with Gasteiger partial charge in [0, 0.05) is 0 Å². The van der Waals surface area contributed by atoms with Crippen LogP contribution in [0, 0.1) is 0 Å². The molecule has 1 aliphatic heterocycles. The van der Waals surface area contributed by atoms with Crippen molar-refractivity contribution in [2.45, 2.75) is 206 Å². The number of nitrogens with zero attached hydrogens (tertiary/aromatic N) is 1. The van der Waals surface area contributed by atoms with Crippen LogP contribution in [0.1, 0.15) is 194 Å². The molecule has 0 aromatic rings. The van der Waals surface area contributed by atoms with Gasteiger partial charge in [0.25, 0.3) is 0 Å². The molecule has 0 saturated carbocycles. The largest absolute Gasteiger partial charge is 0.368 e. The summed E-state index contributed by atoms with van der Waals surface area (Å²) >= 11 is 0. The summed E-state index contributed by atoms with van der Waals surface area (Å²) in [7, 11) is 0. The molecule has 0 saturated heterocycles. The Hall–Kier alpha value is -1.05. The molecule has 0 bridgehead atoms. The van der Waals surface area contributed by atoms with Gasteiger partial charge in [-0.25, -0.2) is 0 Å². The van der Waals surface area contributed by atoms with Crippen LogP contribution in [-0.2, 0) is 0 Å². The second-order valence-electron chi connectivity index (χ2n) is 12.4. The lowest BCUT2D eigenvalue weighted by molar-refractivity contribution is 0.540.